The lowest BCUT2D eigenvalue weighted by molar-refractivity contribution is 0.213. The minimum atomic E-state index is 0.354. The second kappa shape index (κ2) is 9.08. The molecule has 0 bridgehead atoms. The molecule has 2 rings (SSSR count). The summed E-state index contributed by atoms with van der Waals surface area (Å²) in [4.78, 5) is 9.31. The molecule has 0 radical (unpaired) electrons. The van der Waals surface area contributed by atoms with Gasteiger partial charge in [0.25, 0.3) is 0 Å². The molecule has 1 aromatic heterocycles. The summed E-state index contributed by atoms with van der Waals surface area (Å²) < 4.78 is 13.7. The van der Waals surface area contributed by atoms with Crippen LogP contribution in [-0.2, 0) is 18.5 Å². The minimum absolute atomic E-state index is 0.354. The molecule has 0 spiro atoms. The smallest absolute Gasteiger partial charge is 0.132 e. The maximum atomic E-state index is 6.08. The highest BCUT2D eigenvalue weighted by Crippen LogP contribution is 2.29. The predicted molar refractivity (Wildman–Crippen MR) is 103 cm³/mol. The third-order valence-electron chi connectivity index (χ3n) is 3.95. The van der Waals surface area contributed by atoms with Crippen LogP contribution in [0, 0.1) is 13.8 Å². The van der Waals surface area contributed by atoms with Crippen molar-refractivity contribution in [3.63, 3.8) is 0 Å². The molecule has 0 N–H and O–H groups in total. The molecule has 0 atom stereocenters. The van der Waals surface area contributed by atoms with E-state index in [1.54, 1.807) is 6.33 Å². The van der Waals surface area contributed by atoms with Crippen molar-refractivity contribution in [3.05, 3.63) is 53.1 Å². The zero-order chi connectivity index (χ0) is 19.1. The van der Waals surface area contributed by atoms with Crippen LogP contribution in [-0.4, -0.2) is 29.0 Å². The van der Waals surface area contributed by atoms with E-state index in [9.17, 15) is 0 Å². The van der Waals surface area contributed by atoms with E-state index < -0.39 is 0 Å². The van der Waals surface area contributed by atoms with Crippen molar-refractivity contribution in [1.29, 1.82) is 0 Å². The predicted octanol–water partition coefficient (Wildman–Crippen LogP) is 3.94. The van der Waals surface area contributed by atoms with Crippen LogP contribution in [0.15, 0.2) is 35.8 Å². The van der Waals surface area contributed by atoms with Crippen molar-refractivity contribution >= 4 is 5.71 Å². The van der Waals surface area contributed by atoms with E-state index >= 15 is 0 Å². The summed E-state index contributed by atoms with van der Waals surface area (Å²) in [5.74, 6) is 1.69. The Morgan fingerprint density at radius 2 is 1.92 bits per heavy atom. The molecule has 6 nitrogen and oxygen atoms in total. The van der Waals surface area contributed by atoms with Gasteiger partial charge in [-0.15, -0.1) is 0 Å². The fourth-order valence-electron chi connectivity index (χ4n) is 2.83. The van der Waals surface area contributed by atoms with Crippen LogP contribution in [0.5, 0.6) is 11.5 Å². The highest BCUT2D eigenvalue weighted by Gasteiger charge is 2.15. The Labute approximate surface area is 155 Å². The molecule has 0 aliphatic heterocycles. The van der Waals surface area contributed by atoms with Crippen LogP contribution in [0.2, 0.25) is 0 Å². The second-order valence-electron chi connectivity index (χ2n) is 6.06. The molecule has 140 valence electrons. The Kier molecular flexibility index (Phi) is 6.83. The van der Waals surface area contributed by atoms with Gasteiger partial charge >= 0.3 is 0 Å². The molecule has 26 heavy (non-hydrogen) atoms. The Balaban J connectivity index is 2.17. The molecule has 1 aromatic carbocycles. The van der Waals surface area contributed by atoms with Gasteiger partial charge in [-0.3, -0.25) is 0 Å². The van der Waals surface area contributed by atoms with Crippen LogP contribution in [0.1, 0.15) is 36.4 Å². The van der Waals surface area contributed by atoms with E-state index in [1.165, 1.54) is 7.11 Å². The van der Waals surface area contributed by atoms with Crippen LogP contribution in [0.4, 0.5) is 0 Å². The molecule has 0 amide bonds. The number of benzene rings is 1. The maximum absolute atomic E-state index is 6.08. The van der Waals surface area contributed by atoms with Crippen LogP contribution in [0.25, 0.3) is 0 Å². The first-order valence-corrected chi connectivity index (χ1v) is 8.54. The molecule has 0 aliphatic carbocycles. The van der Waals surface area contributed by atoms with E-state index in [4.69, 9.17) is 14.3 Å². The lowest BCUT2D eigenvalue weighted by Crippen LogP contribution is -2.09. The molecule has 0 unspecified atom stereocenters. The summed E-state index contributed by atoms with van der Waals surface area (Å²) in [7, 11) is 3.45. The largest absolute Gasteiger partial charge is 0.490 e. The Morgan fingerprint density at radius 3 is 2.54 bits per heavy atom. The Bertz CT molecular complexity index is 784. The van der Waals surface area contributed by atoms with Gasteiger partial charge in [0.2, 0.25) is 0 Å². The maximum Gasteiger partial charge on any atom is 0.132 e. The minimum Gasteiger partial charge on any atom is -0.490 e. The monoisotopic (exact) mass is 357 g/mol. The van der Waals surface area contributed by atoms with Gasteiger partial charge in [-0.25, -0.2) is 4.98 Å². The van der Waals surface area contributed by atoms with Crippen LogP contribution in [0.3, 0.4) is 0 Å². The van der Waals surface area contributed by atoms with Gasteiger partial charge in [0.05, 0.1) is 12.0 Å². The van der Waals surface area contributed by atoms with Gasteiger partial charge in [0.1, 0.15) is 43.2 Å². The lowest BCUT2D eigenvalue weighted by Gasteiger charge is -2.14. The number of aromatic nitrogens is 2. The second-order valence-corrected chi connectivity index (χ2v) is 6.06. The van der Waals surface area contributed by atoms with Crippen molar-refractivity contribution in [2.24, 2.45) is 12.2 Å². The Morgan fingerprint density at radius 1 is 1.23 bits per heavy atom. The van der Waals surface area contributed by atoms with Gasteiger partial charge in [-0.1, -0.05) is 17.3 Å². The van der Waals surface area contributed by atoms with Crippen molar-refractivity contribution in [2.45, 2.75) is 34.3 Å². The molecular weight excluding hydrogens is 330 g/mol. The van der Waals surface area contributed by atoms with Crippen LogP contribution < -0.4 is 9.47 Å². The number of aryl methyl sites for hydroxylation is 3. The average molecular weight is 357 g/mol. The fourth-order valence-corrected chi connectivity index (χ4v) is 2.83. The number of rotatable bonds is 8. The molecule has 2 aromatic rings. The van der Waals surface area contributed by atoms with Crippen LogP contribution >= 0.6 is 0 Å². The number of allylic oxidation sites excluding steroid dienone is 1. The first kappa shape index (κ1) is 19.6. The first-order chi connectivity index (χ1) is 12.5. The third-order valence-corrected chi connectivity index (χ3v) is 3.95. The number of oxime groups is 1. The standard InChI is InChI=1S/C20H27N3O3/c1-7-8-9-25-17-10-14(2)20(15(3)11-17)26-12-18-19(16(4)22-24-6)23(5)13-21-18/h7-8,10-11,13H,9,12H2,1-6H3/b8-7+,22-16-. The van der Waals surface area contributed by atoms with Gasteiger partial charge in [0, 0.05) is 7.05 Å². The highest BCUT2D eigenvalue weighted by atomic mass is 16.6. The molecular formula is C20H27N3O3. The molecule has 0 fully saturated rings. The number of nitrogens with zero attached hydrogens (tertiary/aromatic N) is 3. The SMILES string of the molecule is C/C=C/COc1cc(C)c(OCc2ncn(C)c2/C(C)=N\OC)c(C)c1. The summed E-state index contributed by atoms with van der Waals surface area (Å²) in [5, 5.41) is 4.00. The Hall–Kier alpha value is -2.76. The number of hydrogen-bond donors (Lipinski definition) is 0. The van der Waals surface area contributed by atoms with Crippen molar-refractivity contribution in [2.75, 3.05) is 13.7 Å². The summed E-state index contributed by atoms with van der Waals surface area (Å²) in [5.41, 5.74) is 4.53. The topological polar surface area (TPSA) is 57.9 Å². The van der Waals surface area contributed by atoms with Gasteiger partial charge in [-0.2, -0.15) is 0 Å². The van der Waals surface area contributed by atoms with Gasteiger partial charge in [-0.05, 0) is 51.0 Å². The number of hydrogen-bond acceptors (Lipinski definition) is 5. The number of ether oxygens (including phenoxy) is 2. The molecule has 1 heterocycles. The zero-order valence-electron chi connectivity index (χ0n) is 16.4. The van der Waals surface area contributed by atoms with E-state index in [0.29, 0.717) is 13.2 Å². The van der Waals surface area contributed by atoms with Gasteiger partial charge in [0.15, 0.2) is 0 Å². The quantitative estimate of drug-likeness (QED) is 0.408. The third kappa shape index (κ3) is 4.65. The average Bonchev–Trinajstić information content (AvgIpc) is 2.95. The van der Waals surface area contributed by atoms with Crippen molar-refractivity contribution in [1.82, 2.24) is 9.55 Å². The van der Waals surface area contributed by atoms with Gasteiger partial charge < -0.3 is 18.9 Å². The first-order valence-electron chi connectivity index (χ1n) is 8.54. The molecule has 6 heteroatoms. The summed E-state index contributed by atoms with van der Waals surface area (Å²) in [6.07, 6.45) is 5.69. The zero-order valence-corrected chi connectivity index (χ0v) is 16.4. The number of imidazole rings is 1. The fraction of sp³-hybridized carbons (Fsp3) is 0.400. The van der Waals surface area contributed by atoms with E-state index in [1.807, 2.05) is 63.6 Å². The summed E-state index contributed by atoms with van der Waals surface area (Å²) >= 11 is 0. The summed E-state index contributed by atoms with van der Waals surface area (Å²) in [6, 6.07) is 3.98. The van der Waals surface area contributed by atoms with E-state index in [0.717, 1.165) is 39.7 Å². The molecule has 0 saturated heterocycles. The summed E-state index contributed by atoms with van der Waals surface area (Å²) in [6.45, 7) is 8.81. The lowest BCUT2D eigenvalue weighted by atomic mass is 10.1. The van der Waals surface area contributed by atoms with Crippen molar-refractivity contribution in [3.8, 4) is 11.5 Å². The molecule has 0 aliphatic rings. The molecule has 0 saturated carbocycles. The highest BCUT2D eigenvalue weighted by molar-refractivity contribution is 5.97. The normalized spacial score (nSPS) is 11.8. The van der Waals surface area contributed by atoms with E-state index in [-0.39, 0.29) is 0 Å². The van der Waals surface area contributed by atoms with Crippen molar-refractivity contribution < 1.29 is 14.3 Å². The van der Waals surface area contributed by atoms with E-state index in [2.05, 4.69) is 10.1 Å².